The lowest BCUT2D eigenvalue weighted by atomic mass is 9.91. The Balaban J connectivity index is 1.54. The fourth-order valence-corrected chi connectivity index (χ4v) is 4.13. The molecule has 0 aromatic carbocycles. The van der Waals surface area contributed by atoms with Crippen molar-refractivity contribution in [2.24, 2.45) is 0 Å². The number of rotatable bonds is 4. The van der Waals surface area contributed by atoms with E-state index in [9.17, 15) is 10.1 Å². The van der Waals surface area contributed by atoms with Crippen molar-refractivity contribution in [1.82, 2.24) is 19.7 Å². The molecule has 24 heavy (non-hydrogen) atoms. The van der Waals surface area contributed by atoms with Gasteiger partial charge in [0.05, 0.1) is 21.2 Å². The van der Waals surface area contributed by atoms with E-state index in [-0.39, 0.29) is 16.7 Å². The van der Waals surface area contributed by atoms with Gasteiger partial charge in [0.25, 0.3) is 0 Å². The summed E-state index contributed by atoms with van der Waals surface area (Å²) in [5.41, 5.74) is 1.44. The minimum Gasteiger partial charge on any atom is -0.375 e. The molecule has 0 spiro atoms. The molecule has 1 aliphatic carbocycles. The Hall–Kier alpha value is -2.55. The van der Waals surface area contributed by atoms with Crippen LogP contribution in [0.25, 0.3) is 10.2 Å². The molecule has 0 saturated heterocycles. The first-order chi connectivity index (χ1) is 11.7. The van der Waals surface area contributed by atoms with Crippen molar-refractivity contribution in [3.63, 3.8) is 0 Å². The molecule has 3 heterocycles. The zero-order valence-electron chi connectivity index (χ0n) is 12.8. The van der Waals surface area contributed by atoms with E-state index in [0.29, 0.717) is 11.7 Å². The summed E-state index contributed by atoms with van der Waals surface area (Å²) in [6.45, 7) is 0. The van der Waals surface area contributed by atoms with Crippen molar-refractivity contribution in [1.29, 1.82) is 0 Å². The lowest BCUT2D eigenvalue weighted by Gasteiger charge is -2.29. The van der Waals surface area contributed by atoms with E-state index in [0.717, 1.165) is 35.9 Å². The number of hydrogen-bond acceptors (Lipinski definition) is 7. The van der Waals surface area contributed by atoms with Crippen LogP contribution in [0.2, 0.25) is 0 Å². The van der Waals surface area contributed by atoms with Crippen molar-refractivity contribution in [3.8, 4) is 0 Å². The van der Waals surface area contributed by atoms with Crippen LogP contribution in [0.1, 0.15) is 31.7 Å². The molecule has 0 atom stereocenters. The summed E-state index contributed by atoms with van der Waals surface area (Å²) in [6.07, 6.45) is 8.49. The first-order valence-corrected chi connectivity index (χ1v) is 8.71. The second kappa shape index (κ2) is 6.16. The third-order valence-corrected chi connectivity index (χ3v) is 5.43. The monoisotopic (exact) mass is 344 g/mol. The SMILES string of the molecule is O=[N+]([O-])c1cnc2ccsc2c1NC1CCC(n2cncn2)CC1. The van der Waals surface area contributed by atoms with Gasteiger partial charge in [-0.15, -0.1) is 11.3 Å². The number of aromatic nitrogens is 4. The summed E-state index contributed by atoms with van der Waals surface area (Å²) < 4.78 is 2.75. The molecule has 9 heteroatoms. The number of pyridine rings is 1. The molecule has 0 aliphatic heterocycles. The highest BCUT2D eigenvalue weighted by Crippen LogP contribution is 2.37. The molecule has 1 saturated carbocycles. The Morgan fingerprint density at radius 1 is 1.33 bits per heavy atom. The van der Waals surface area contributed by atoms with Gasteiger partial charge in [0.2, 0.25) is 0 Å². The Labute approximate surface area is 141 Å². The van der Waals surface area contributed by atoms with Crippen LogP contribution in [0.5, 0.6) is 0 Å². The predicted molar refractivity (Wildman–Crippen MR) is 91.2 cm³/mol. The van der Waals surface area contributed by atoms with E-state index in [4.69, 9.17) is 0 Å². The Kier molecular flexibility index (Phi) is 3.85. The second-order valence-electron chi connectivity index (χ2n) is 5.94. The highest BCUT2D eigenvalue weighted by Gasteiger charge is 2.26. The van der Waals surface area contributed by atoms with Crippen LogP contribution in [0.3, 0.4) is 0 Å². The van der Waals surface area contributed by atoms with E-state index in [2.05, 4.69) is 20.4 Å². The molecule has 0 unspecified atom stereocenters. The van der Waals surface area contributed by atoms with Crippen LogP contribution in [0.4, 0.5) is 11.4 Å². The predicted octanol–water partition coefficient (Wildman–Crippen LogP) is 3.39. The Morgan fingerprint density at radius 2 is 2.17 bits per heavy atom. The first kappa shape index (κ1) is 15.0. The zero-order valence-corrected chi connectivity index (χ0v) is 13.6. The summed E-state index contributed by atoms with van der Waals surface area (Å²) in [5.74, 6) is 0. The van der Waals surface area contributed by atoms with Crippen LogP contribution in [0.15, 0.2) is 30.3 Å². The highest BCUT2D eigenvalue weighted by molar-refractivity contribution is 7.17. The summed E-state index contributed by atoms with van der Waals surface area (Å²) in [5, 5.41) is 20.9. The van der Waals surface area contributed by atoms with Crippen molar-refractivity contribution >= 4 is 32.9 Å². The number of nitro groups is 1. The minimum atomic E-state index is -0.366. The third-order valence-electron chi connectivity index (χ3n) is 4.51. The number of thiophene rings is 1. The van der Waals surface area contributed by atoms with Crippen LogP contribution < -0.4 is 5.32 Å². The van der Waals surface area contributed by atoms with Crippen LogP contribution in [-0.2, 0) is 0 Å². The Bertz CT molecular complexity index is 854. The van der Waals surface area contributed by atoms with Gasteiger partial charge in [-0.3, -0.25) is 10.1 Å². The van der Waals surface area contributed by atoms with Gasteiger partial charge in [0.1, 0.15) is 24.5 Å². The molecular formula is C15H16N6O2S. The van der Waals surface area contributed by atoms with Gasteiger partial charge in [0, 0.05) is 6.04 Å². The second-order valence-corrected chi connectivity index (χ2v) is 6.85. The lowest BCUT2D eigenvalue weighted by Crippen LogP contribution is -2.28. The smallest absolute Gasteiger partial charge is 0.311 e. The lowest BCUT2D eigenvalue weighted by molar-refractivity contribution is -0.384. The van der Waals surface area contributed by atoms with Crippen molar-refractivity contribution in [2.75, 3.05) is 5.32 Å². The third kappa shape index (κ3) is 2.71. The number of anilines is 1. The molecule has 0 bridgehead atoms. The number of nitrogens with one attached hydrogen (secondary N) is 1. The van der Waals surface area contributed by atoms with Crippen LogP contribution >= 0.6 is 11.3 Å². The highest BCUT2D eigenvalue weighted by atomic mass is 32.1. The zero-order chi connectivity index (χ0) is 16.5. The van der Waals surface area contributed by atoms with Gasteiger partial charge in [-0.1, -0.05) is 0 Å². The normalized spacial score (nSPS) is 21.0. The largest absolute Gasteiger partial charge is 0.375 e. The number of fused-ring (bicyclic) bond motifs is 1. The van der Waals surface area contributed by atoms with E-state index in [1.54, 1.807) is 12.7 Å². The average molecular weight is 344 g/mol. The molecule has 1 N–H and O–H groups in total. The maximum Gasteiger partial charge on any atom is 0.311 e. The van der Waals surface area contributed by atoms with Gasteiger partial charge in [-0.25, -0.2) is 14.6 Å². The molecule has 0 radical (unpaired) electrons. The van der Waals surface area contributed by atoms with Crippen molar-refractivity contribution in [2.45, 2.75) is 37.8 Å². The molecule has 0 amide bonds. The van der Waals surface area contributed by atoms with Crippen molar-refractivity contribution in [3.05, 3.63) is 40.4 Å². The molecule has 124 valence electrons. The number of nitrogens with zero attached hydrogens (tertiary/aromatic N) is 5. The molecule has 3 aromatic heterocycles. The first-order valence-electron chi connectivity index (χ1n) is 7.83. The van der Waals surface area contributed by atoms with E-state index in [1.807, 2.05) is 16.1 Å². The van der Waals surface area contributed by atoms with Gasteiger partial charge >= 0.3 is 5.69 Å². The van der Waals surface area contributed by atoms with Gasteiger partial charge in [-0.2, -0.15) is 5.10 Å². The molecular weight excluding hydrogens is 328 g/mol. The van der Waals surface area contributed by atoms with Crippen LogP contribution in [0, 0.1) is 10.1 Å². The van der Waals surface area contributed by atoms with Crippen molar-refractivity contribution < 1.29 is 4.92 Å². The van der Waals surface area contributed by atoms with Gasteiger partial charge in [-0.05, 0) is 37.1 Å². The molecule has 1 aliphatic rings. The summed E-state index contributed by atoms with van der Waals surface area (Å²) >= 11 is 1.48. The maximum atomic E-state index is 11.3. The van der Waals surface area contributed by atoms with E-state index in [1.165, 1.54) is 17.5 Å². The van der Waals surface area contributed by atoms with E-state index < -0.39 is 0 Å². The molecule has 4 rings (SSSR count). The van der Waals surface area contributed by atoms with Gasteiger partial charge in [0.15, 0.2) is 0 Å². The Morgan fingerprint density at radius 3 is 2.88 bits per heavy atom. The van der Waals surface area contributed by atoms with Crippen LogP contribution in [-0.4, -0.2) is 30.7 Å². The maximum absolute atomic E-state index is 11.3. The molecule has 1 fully saturated rings. The molecule has 8 nitrogen and oxygen atoms in total. The average Bonchev–Trinajstić information content (AvgIpc) is 3.27. The fraction of sp³-hybridized carbons (Fsp3) is 0.400. The number of hydrogen-bond donors (Lipinski definition) is 1. The van der Waals surface area contributed by atoms with Gasteiger partial charge < -0.3 is 5.32 Å². The van der Waals surface area contributed by atoms with E-state index >= 15 is 0 Å². The quantitative estimate of drug-likeness (QED) is 0.575. The summed E-state index contributed by atoms with van der Waals surface area (Å²) in [7, 11) is 0. The minimum absolute atomic E-state index is 0.0448. The standard InChI is InChI=1S/C15H16N6O2S/c22-21(23)13-7-17-12-5-6-24-15(12)14(13)19-10-1-3-11(4-2-10)20-9-16-8-18-20/h5-11H,1-4H2,(H,17,19). The fourth-order valence-electron chi connectivity index (χ4n) is 3.28. The summed E-state index contributed by atoms with van der Waals surface area (Å²) in [6, 6.07) is 2.46. The summed E-state index contributed by atoms with van der Waals surface area (Å²) in [4.78, 5) is 19.2. The topological polar surface area (TPSA) is 98.8 Å². The molecule has 3 aromatic rings.